The van der Waals surface area contributed by atoms with Crippen molar-refractivity contribution in [3.8, 4) is 0 Å². The van der Waals surface area contributed by atoms with E-state index in [0.29, 0.717) is 5.52 Å². The van der Waals surface area contributed by atoms with Crippen LogP contribution in [0.1, 0.15) is 0 Å². The predicted molar refractivity (Wildman–Crippen MR) is 49.6 cm³/mol. The molecule has 0 saturated carbocycles. The number of thiazole rings is 1. The minimum Gasteiger partial charge on any atom is -0.272 e. The summed E-state index contributed by atoms with van der Waals surface area (Å²) in [7, 11) is 0. The van der Waals surface area contributed by atoms with Crippen molar-refractivity contribution >= 4 is 33.5 Å². The third kappa shape index (κ3) is 1.31. The van der Waals surface area contributed by atoms with Gasteiger partial charge in [0.25, 0.3) is 0 Å². The largest absolute Gasteiger partial charge is 0.272 e. The van der Waals surface area contributed by atoms with Crippen LogP contribution < -0.4 is 5.14 Å². The van der Waals surface area contributed by atoms with Crippen LogP contribution in [0.2, 0.25) is 0 Å². The second-order valence-corrected chi connectivity index (χ2v) is 4.12. The summed E-state index contributed by atoms with van der Waals surface area (Å²) in [5.41, 5.74) is 0.674. The summed E-state index contributed by atoms with van der Waals surface area (Å²) in [6.45, 7) is 0. The molecule has 1 heterocycles. The van der Waals surface area contributed by atoms with Gasteiger partial charge in [-0.25, -0.2) is 9.37 Å². The van der Waals surface area contributed by atoms with E-state index in [1.165, 1.54) is 23.5 Å². The molecule has 2 aromatic rings. The van der Waals surface area contributed by atoms with Gasteiger partial charge in [-0.05, 0) is 24.1 Å². The zero-order valence-corrected chi connectivity index (χ0v) is 7.58. The molecule has 2 N–H and O–H groups in total. The van der Waals surface area contributed by atoms with Crippen LogP contribution in [0.25, 0.3) is 10.2 Å². The topological polar surface area (TPSA) is 38.9 Å². The maximum atomic E-state index is 12.7. The Morgan fingerprint density at radius 2 is 2.33 bits per heavy atom. The zero-order chi connectivity index (χ0) is 8.55. The lowest BCUT2D eigenvalue weighted by Crippen LogP contribution is -1.76. The van der Waals surface area contributed by atoms with Gasteiger partial charge in [0.15, 0.2) is 4.34 Å². The first-order valence-corrected chi connectivity index (χ1v) is 4.92. The average molecular weight is 200 g/mol. The van der Waals surface area contributed by atoms with Crippen LogP contribution in [0.3, 0.4) is 0 Å². The van der Waals surface area contributed by atoms with Gasteiger partial charge < -0.3 is 0 Å². The summed E-state index contributed by atoms with van der Waals surface area (Å²) in [4.78, 5) is 4.11. The first-order valence-electron chi connectivity index (χ1n) is 3.22. The normalized spacial score (nSPS) is 10.8. The molecular weight excluding hydrogens is 195 g/mol. The van der Waals surface area contributed by atoms with Gasteiger partial charge in [-0.15, -0.1) is 11.3 Å². The van der Waals surface area contributed by atoms with Crippen LogP contribution in [0.5, 0.6) is 0 Å². The van der Waals surface area contributed by atoms with Gasteiger partial charge >= 0.3 is 0 Å². The second-order valence-electron chi connectivity index (χ2n) is 2.21. The Morgan fingerprint density at radius 1 is 1.50 bits per heavy atom. The van der Waals surface area contributed by atoms with Crippen LogP contribution in [-0.2, 0) is 0 Å². The van der Waals surface area contributed by atoms with Gasteiger partial charge in [-0.3, -0.25) is 5.14 Å². The molecule has 0 atom stereocenters. The van der Waals surface area contributed by atoms with E-state index >= 15 is 0 Å². The molecule has 0 spiro atoms. The number of nitrogens with two attached hydrogens (primary N) is 1. The Labute approximate surface area is 76.7 Å². The summed E-state index contributed by atoms with van der Waals surface area (Å²) < 4.78 is 14.4. The van der Waals surface area contributed by atoms with Crippen LogP contribution in [0, 0.1) is 5.82 Å². The monoisotopic (exact) mass is 200 g/mol. The van der Waals surface area contributed by atoms with Crippen molar-refractivity contribution in [1.29, 1.82) is 0 Å². The third-order valence-corrected chi connectivity index (χ3v) is 3.09. The lowest BCUT2D eigenvalue weighted by atomic mass is 10.3. The van der Waals surface area contributed by atoms with E-state index in [1.807, 2.05) is 0 Å². The number of fused-ring (bicyclic) bond motifs is 1. The Balaban J connectivity index is 2.67. The molecule has 0 unspecified atom stereocenters. The fourth-order valence-electron chi connectivity index (χ4n) is 0.930. The van der Waals surface area contributed by atoms with Gasteiger partial charge in [-0.1, -0.05) is 0 Å². The SMILES string of the molecule is NSc1nc2cc(F)ccc2s1. The van der Waals surface area contributed by atoms with Crippen molar-refractivity contribution in [1.82, 2.24) is 4.98 Å². The van der Waals surface area contributed by atoms with E-state index in [4.69, 9.17) is 5.14 Å². The molecule has 1 aromatic heterocycles. The predicted octanol–water partition coefficient (Wildman–Crippen LogP) is 2.40. The maximum absolute atomic E-state index is 12.7. The maximum Gasteiger partial charge on any atom is 0.165 e. The molecule has 0 fully saturated rings. The molecular formula is C7H5FN2S2. The Bertz CT molecular complexity index is 413. The van der Waals surface area contributed by atoms with Crippen LogP contribution >= 0.6 is 23.3 Å². The Kier molecular flexibility index (Phi) is 2.00. The van der Waals surface area contributed by atoms with Gasteiger partial charge in [0.2, 0.25) is 0 Å². The molecule has 5 heteroatoms. The van der Waals surface area contributed by atoms with Crippen molar-refractivity contribution in [2.75, 3.05) is 0 Å². The van der Waals surface area contributed by atoms with Crippen LogP contribution in [0.4, 0.5) is 4.39 Å². The van der Waals surface area contributed by atoms with Gasteiger partial charge in [0, 0.05) is 6.07 Å². The van der Waals surface area contributed by atoms with E-state index in [1.54, 1.807) is 6.07 Å². The first kappa shape index (κ1) is 7.97. The molecule has 1 aromatic carbocycles. The number of benzene rings is 1. The fraction of sp³-hybridized carbons (Fsp3) is 0. The molecule has 0 aliphatic rings. The molecule has 62 valence electrons. The van der Waals surface area contributed by atoms with Gasteiger partial charge in [0.1, 0.15) is 5.82 Å². The average Bonchev–Trinajstić information content (AvgIpc) is 2.46. The number of aromatic nitrogens is 1. The standard InChI is InChI=1S/C7H5FN2S2/c8-4-1-2-6-5(3-4)10-7(11-6)12-9/h1-3H,9H2. The van der Waals surface area contributed by atoms with Crippen molar-refractivity contribution in [2.45, 2.75) is 4.34 Å². The van der Waals surface area contributed by atoms with E-state index in [0.717, 1.165) is 21.0 Å². The molecule has 0 aliphatic heterocycles. The minimum atomic E-state index is -0.263. The molecule has 0 aliphatic carbocycles. The highest BCUT2D eigenvalue weighted by Gasteiger charge is 2.02. The van der Waals surface area contributed by atoms with E-state index in [-0.39, 0.29) is 5.82 Å². The van der Waals surface area contributed by atoms with E-state index < -0.39 is 0 Å². The van der Waals surface area contributed by atoms with Gasteiger partial charge in [0.05, 0.1) is 10.2 Å². The Hall–Kier alpha value is -0.650. The summed E-state index contributed by atoms with van der Waals surface area (Å²) in [5, 5.41) is 5.32. The smallest absolute Gasteiger partial charge is 0.165 e. The molecule has 0 bridgehead atoms. The number of hydrogen-bond acceptors (Lipinski definition) is 4. The van der Waals surface area contributed by atoms with Crippen molar-refractivity contribution in [2.24, 2.45) is 5.14 Å². The molecule has 2 nitrogen and oxygen atoms in total. The van der Waals surface area contributed by atoms with E-state index in [2.05, 4.69) is 4.98 Å². The number of rotatable bonds is 1. The number of hydrogen-bond donors (Lipinski definition) is 1. The van der Waals surface area contributed by atoms with Crippen LogP contribution in [-0.4, -0.2) is 4.98 Å². The summed E-state index contributed by atoms with van der Waals surface area (Å²) in [6, 6.07) is 4.54. The first-order chi connectivity index (χ1) is 5.79. The number of halogens is 1. The highest BCUT2D eigenvalue weighted by Crippen LogP contribution is 2.26. The van der Waals surface area contributed by atoms with Crippen molar-refractivity contribution in [3.63, 3.8) is 0 Å². The highest BCUT2D eigenvalue weighted by molar-refractivity contribution is 7.99. The summed E-state index contributed by atoms with van der Waals surface area (Å²) in [5.74, 6) is -0.263. The molecule has 12 heavy (non-hydrogen) atoms. The van der Waals surface area contributed by atoms with Crippen molar-refractivity contribution in [3.05, 3.63) is 24.0 Å². The fourth-order valence-corrected chi connectivity index (χ4v) is 2.22. The zero-order valence-electron chi connectivity index (χ0n) is 5.95. The molecule has 0 amide bonds. The van der Waals surface area contributed by atoms with Crippen LogP contribution in [0.15, 0.2) is 22.5 Å². The van der Waals surface area contributed by atoms with E-state index in [9.17, 15) is 4.39 Å². The number of nitrogens with zero attached hydrogens (tertiary/aromatic N) is 1. The molecule has 2 rings (SSSR count). The summed E-state index contributed by atoms with van der Waals surface area (Å²) in [6.07, 6.45) is 0. The minimum absolute atomic E-state index is 0.263. The Morgan fingerprint density at radius 3 is 3.08 bits per heavy atom. The van der Waals surface area contributed by atoms with Gasteiger partial charge in [-0.2, -0.15) is 0 Å². The lowest BCUT2D eigenvalue weighted by Gasteiger charge is -1.85. The lowest BCUT2D eigenvalue weighted by molar-refractivity contribution is 0.629. The summed E-state index contributed by atoms with van der Waals surface area (Å²) >= 11 is 2.55. The molecule has 0 radical (unpaired) electrons. The second kappa shape index (κ2) is 3.01. The van der Waals surface area contributed by atoms with Crippen molar-refractivity contribution < 1.29 is 4.39 Å². The third-order valence-electron chi connectivity index (χ3n) is 1.43. The quantitative estimate of drug-likeness (QED) is 0.718. The highest BCUT2D eigenvalue weighted by atomic mass is 32.2. The molecule has 0 saturated heterocycles.